The summed E-state index contributed by atoms with van der Waals surface area (Å²) >= 11 is 1.80. The van der Waals surface area contributed by atoms with Gasteiger partial charge >= 0.3 is 35.2 Å². The normalized spacial score (nSPS) is 22.6. The van der Waals surface area contributed by atoms with E-state index in [0.717, 1.165) is 28.8 Å². The Balaban J connectivity index is 0.000000377. The zero-order valence-corrected chi connectivity index (χ0v) is 39.5. The average molecular weight is 1040 g/mol. The van der Waals surface area contributed by atoms with Gasteiger partial charge in [-0.15, -0.1) is 0 Å². The first kappa shape index (κ1) is 55.2. The van der Waals surface area contributed by atoms with Crippen molar-refractivity contribution in [3.8, 4) is 0 Å². The van der Waals surface area contributed by atoms with E-state index in [0.29, 0.717) is 36.0 Å². The molecule has 0 bridgehead atoms. The SMILES string of the molecule is CC(C)(C)NC(=O)[C@@H]1CN(Cc2cccnc2)CCN1C[C@@H](O)C[C@@H](Cc1ccccc1)C(=O)N[C@H]1c2ccccc2C[C@H]1O.CC[O].O=c1[nH]c(=O)n([C@H]2C[C@H](O)[C@@H](CO)O2)cc1I.[NaH]. The molecule has 2 fully saturated rings. The molecule has 4 aromatic rings. The number of piperazine rings is 1. The van der Waals surface area contributed by atoms with E-state index in [2.05, 4.69) is 30.4 Å². The number of carbonyl (C=O) groups excluding carboxylic acids is 2. The fraction of sp³-hybridized carbons (Fsp3) is 0.511. The Hall–Kier alpha value is -3.38. The number of nitrogens with one attached hydrogen (secondary N) is 3. The quantitative estimate of drug-likeness (QED) is 0.0744. The predicted octanol–water partition coefficient (Wildman–Crippen LogP) is 1.44. The summed E-state index contributed by atoms with van der Waals surface area (Å²) in [5.74, 6) is -0.781. The number of benzene rings is 2. The third kappa shape index (κ3) is 16.1. The summed E-state index contributed by atoms with van der Waals surface area (Å²) in [6.45, 7) is 10.00. The van der Waals surface area contributed by atoms with Crippen molar-refractivity contribution in [1.29, 1.82) is 0 Å². The van der Waals surface area contributed by atoms with Crippen LogP contribution in [0.4, 0.5) is 0 Å². The molecule has 66 heavy (non-hydrogen) atoms. The number of aliphatic hydroxyl groups is 4. The number of carbonyl (C=O) groups is 2. The van der Waals surface area contributed by atoms with E-state index in [9.17, 15) is 34.5 Å². The van der Waals surface area contributed by atoms with Crippen molar-refractivity contribution < 1.29 is 39.9 Å². The maximum atomic E-state index is 13.8. The minimum absolute atomic E-state index is 0. The fourth-order valence-electron chi connectivity index (χ4n) is 8.29. The summed E-state index contributed by atoms with van der Waals surface area (Å²) in [4.78, 5) is 60.8. The Labute approximate surface area is 421 Å². The Morgan fingerprint density at radius 2 is 1.68 bits per heavy atom. The van der Waals surface area contributed by atoms with Crippen LogP contribution in [-0.4, -0.2) is 162 Å². The van der Waals surface area contributed by atoms with Crippen molar-refractivity contribution in [2.75, 3.05) is 39.4 Å². The molecule has 2 aliphatic heterocycles. The van der Waals surface area contributed by atoms with E-state index in [1.807, 2.05) is 93.7 Å². The van der Waals surface area contributed by atoms with Gasteiger partial charge < -0.3 is 35.8 Å². The van der Waals surface area contributed by atoms with Crippen LogP contribution in [0.3, 0.4) is 0 Å². The molecule has 3 aliphatic rings. The number of aromatic amines is 1. The van der Waals surface area contributed by atoms with Crippen LogP contribution in [0.15, 0.2) is 94.9 Å². The summed E-state index contributed by atoms with van der Waals surface area (Å²) in [7, 11) is 0. The van der Waals surface area contributed by atoms with Crippen molar-refractivity contribution in [3.63, 3.8) is 0 Å². The van der Waals surface area contributed by atoms with Crippen LogP contribution in [-0.2, 0) is 38.8 Å². The molecule has 2 saturated heterocycles. The Morgan fingerprint density at radius 3 is 2.33 bits per heavy atom. The van der Waals surface area contributed by atoms with Crippen LogP contribution >= 0.6 is 22.6 Å². The van der Waals surface area contributed by atoms with Gasteiger partial charge in [-0.3, -0.25) is 38.7 Å². The number of β-amino-alcohol motifs (C(OH)–C–C–N with tert-alkyl or cyclic N) is 1. The molecule has 4 heterocycles. The molecular formula is C47H64IN7NaO10. The van der Waals surface area contributed by atoms with Crippen molar-refractivity contribution in [2.24, 2.45) is 5.92 Å². The number of aromatic nitrogens is 3. The molecule has 355 valence electrons. The molecule has 19 heteroatoms. The van der Waals surface area contributed by atoms with E-state index < -0.39 is 65.4 Å². The van der Waals surface area contributed by atoms with Gasteiger partial charge in [0.2, 0.25) is 11.8 Å². The number of fused-ring (bicyclic) bond motifs is 1. The number of halogens is 1. The number of nitrogens with zero attached hydrogens (tertiary/aromatic N) is 4. The van der Waals surface area contributed by atoms with Crippen molar-refractivity contribution in [1.82, 2.24) is 35.0 Å². The summed E-state index contributed by atoms with van der Waals surface area (Å²) in [5.41, 5.74) is 2.63. The van der Waals surface area contributed by atoms with Gasteiger partial charge in [0.1, 0.15) is 18.4 Å². The third-order valence-electron chi connectivity index (χ3n) is 11.3. The van der Waals surface area contributed by atoms with E-state index >= 15 is 0 Å². The zero-order chi connectivity index (χ0) is 47.3. The summed E-state index contributed by atoms with van der Waals surface area (Å²) in [6, 6.07) is 20.6. The van der Waals surface area contributed by atoms with Gasteiger partial charge in [-0.25, -0.2) is 9.90 Å². The molecule has 17 nitrogen and oxygen atoms in total. The second-order valence-electron chi connectivity index (χ2n) is 17.6. The first-order valence-corrected chi connectivity index (χ1v) is 23.1. The van der Waals surface area contributed by atoms with Crippen LogP contribution in [0, 0.1) is 9.49 Å². The standard InChI is InChI=1S/C36H47N5O4.C9H11IN2O5.C2H5O.Na.H/c1-36(2,3)39-35(45)31-24-40(22-26-12-9-15-37-21-26)16-17-41(31)23-29(42)19-28(18-25-10-5-4-6-11-25)34(44)38-33-30-14-8-7-13-27(30)20-32(33)43;10-4-2-12(9(16)11-8(4)15)7-1-5(14)6(3-13)17-7;1-2-3;;/h4-15,21,28-29,31-33,42-43H,16-20,22-24H2,1-3H3,(H,38,44)(H,39,45);2,5-7,13-14H,1,3H2,(H,11,15,16);2H2,1H3;;/t28-,29+,31+,32-,33+;5-,6+,7+;;;/m10.../s1. The van der Waals surface area contributed by atoms with Crippen molar-refractivity contribution in [2.45, 2.75) is 108 Å². The van der Waals surface area contributed by atoms with Gasteiger partial charge in [0, 0.05) is 75.6 Å². The number of H-pyrrole nitrogens is 1. The second kappa shape index (κ2) is 26.4. The van der Waals surface area contributed by atoms with Gasteiger partial charge in [0.15, 0.2) is 0 Å². The summed E-state index contributed by atoms with van der Waals surface area (Å²) in [5, 5.41) is 55.9. The molecule has 7 rings (SSSR count). The first-order chi connectivity index (χ1) is 31.0. The fourth-order valence-corrected chi connectivity index (χ4v) is 8.72. The molecule has 8 atom stereocenters. The Kier molecular flexibility index (Phi) is 22.1. The van der Waals surface area contributed by atoms with Gasteiger partial charge in [-0.05, 0) is 91.4 Å². The van der Waals surface area contributed by atoms with Crippen LogP contribution in [0.2, 0.25) is 0 Å². The first-order valence-electron chi connectivity index (χ1n) is 22.0. The maximum absolute atomic E-state index is 13.8. The van der Waals surface area contributed by atoms with Gasteiger partial charge in [0.05, 0.1) is 41.1 Å². The number of hydrogen-bond donors (Lipinski definition) is 7. The molecule has 1 aliphatic carbocycles. The molecular weight excluding hydrogens is 972 g/mol. The monoisotopic (exact) mass is 1040 g/mol. The molecule has 2 aromatic heterocycles. The Bertz CT molecular complexity index is 2250. The average Bonchev–Trinajstić information content (AvgIpc) is 3.80. The van der Waals surface area contributed by atoms with E-state index in [1.165, 1.54) is 10.8 Å². The van der Waals surface area contributed by atoms with Crippen LogP contribution in [0.5, 0.6) is 0 Å². The zero-order valence-electron chi connectivity index (χ0n) is 37.4. The summed E-state index contributed by atoms with van der Waals surface area (Å²) < 4.78 is 6.89. The molecule has 1 radical (unpaired) electrons. The Morgan fingerprint density at radius 1 is 1.00 bits per heavy atom. The van der Waals surface area contributed by atoms with Crippen molar-refractivity contribution >= 4 is 64.0 Å². The number of rotatable bonds is 13. The van der Waals surface area contributed by atoms with Gasteiger partial charge in [0.25, 0.3) is 5.56 Å². The molecule has 2 amide bonds. The number of aliphatic hydroxyl groups excluding tert-OH is 4. The topological polar surface area (TPSA) is 242 Å². The van der Waals surface area contributed by atoms with Crippen LogP contribution in [0.1, 0.15) is 75.1 Å². The number of hydrogen-bond acceptors (Lipinski definition) is 12. The molecule has 0 spiro atoms. The third-order valence-corrected chi connectivity index (χ3v) is 12.1. The van der Waals surface area contributed by atoms with E-state index in [-0.39, 0.29) is 74.0 Å². The van der Waals surface area contributed by atoms with Crippen molar-refractivity contribution in [3.05, 3.63) is 132 Å². The van der Waals surface area contributed by atoms with Gasteiger partial charge in [-0.1, -0.05) is 60.7 Å². The number of ether oxygens (including phenoxy) is 1. The van der Waals surface area contributed by atoms with Crippen LogP contribution < -0.4 is 21.9 Å². The van der Waals surface area contributed by atoms with E-state index in [1.54, 1.807) is 35.7 Å². The molecule has 7 N–H and O–H groups in total. The number of amides is 2. The van der Waals surface area contributed by atoms with Crippen LogP contribution in [0.25, 0.3) is 0 Å². The molecule has 0 saturated carbocycles. The van der Waals surface area contributed by atoms with E-state index in [4.69, 9.17) is 14.9 Å². The molecule has 2 aromatic carbocycles. The predicted molar refractivity (Wildman–Crippen MR) is 258 cm³/mol. The minimum atomic E-state index is -0.833. The number of pyridine rings is 1. The van der Waals surface area contributed by atoms with Gasteiger partial charge in [-0.2, -0.15) is 0 Å². The summed E-state index contributed by atoms with van der Waals surface area (Å²) in [6.07, 6.45) is 2.65. The second-order valence-corrected chi connectivity index (χ2v) is 18.8. The molecule has 0 unspecified atom stereocenters.